The van der Waals surface area contributed by atoms with Crippen LogP contribution in [0.1, 0.15) is 13.3 Å². The van der Waals surface area contributed by atoms with Crippen molar-refractivity contribution in [1.82, 2.24) is 0 Å². The van der Waals surface area contributed by atoms with Crippen LogP contribution in [0.2, 0.25) is 0 Å². The van der Waals surface area contributed by atoms with Gasteiger partial charge in [0.05, 0.1) is 6.42 Å². The second-order valence-electron chi connectivity index (χ2n) is 1.81. The van der Waals surface area contributed by atoms with Crippen LogP contribution >= 0.6 is 0 Å². The third-order valence-electron chi connectivity index (χ3n) is 0.992. The minimum atomic E-state index is -0.373. The molecule has 0 amide bonds. The Balaban J connectivity index is 2.28. The third-order valence-corrected chi connectivity index (χ3v) is 0.992. The Labute approximate surface area is 53.3 Å². The molecule has 0 aromatic carbocycles. The lowest BCUT2D eigenvalue weighted by Crippen LogP contribution is -2.07. The van der Waals surface area contributed by atoms with Crippen molar-refractivity contribution in [3.8, 4) is 0 Å². The van der Waals surface area contributed by atoms with Gasteiger partial charge in [-0.05, 0) is 6.92 Å². The van der Waals surface area contributed by atoms with Crippen LogP contribution in [0.4, 0.5) is 0 Å². The molecule has 1 rings (SSSR count). The second kappa shape index (κ2) is 2.53. The average molecular weight is 128 g/mol. The van der Waals surface area contributed by atoms with Crippen LogP contribution in [0.3, 0.4) is 0 Å². The zero-order valence-corrected chi connectivity index (χ0v) is 5.16. The van der Waals surface area contributed by atoms with Crippen molar-refractivity contribution in [2.24, 2.45) is 0 Å². The summed E-state index contributed by atoms with van der Waals surface area (Å²) in [6.45, 7) is 1.78. The Kier molecular flexibility index (Phi) is 1.72. The molecule has 0 N–H and O–H groups in total. The molecule has 0 aromatic rings. The molecule has 0 radical (unpaired) electrons. The molecule has 1 atom stereocenters. The smallest absolute Gasteiger partial charge is 0.246 e. The van der Waals surface area contributed by atoms with Gasteiger partial charge in [0.2, 0.25) is 6.29 Å². The van der Waals surface area contributed by atoms with Crippen molar-refractivity contribution in [2.75, 3.05) is 0 Å². The van der Waals surface area contributed by atoms with Crippen LogP contribution in [0.5, 0.6) is 0 Å². The number of carbonyl (C=O) groups excluding carboxylic acids is 1. The molecule has 50 valence electrons. The molecule has 1 heterocycles. The van der Waals surface area contributed by atoms with Crippen LogP contribution in [0.25, 0.3) is 0 Å². The van der Waals surface area contributed by atoms with Gasteiger partial charge in [0.1, 0.15) is 18.3 Å². The zero-order chi connectivity index (χ0) is 6.69. The Bertz CT molecular complexity index is 139. The molecule has 1 aliphatic rings. The summed E-state index contributed by atoms with van der Waals surface area (Å²) in [7, 11) is 0. The minimum absolute atomic E-state index is 0.299. The lowest BCUT2D eigenvalue weighted by Gasteiger charge is -2.05. The maximum atomic E-state index is 9.88. The highest BCUT2D eigenvalue weighted by molar-refractivity contribution is 5.49. The van der Waals surface area contributed by atoms with Crippen molar-refractivity contribution < 1.29 is 14.3 Å². The molecule has 0 bridgehead atoms. The maximum Gasteiger partial charge on any atom is 0.246 e. The van der Waals surface area contributed by atoms with E-state index in [1.165, 1.54) is 6.26 Å². The molecule has 3 heteroatoms. The number of aldehydes is 1. The summed E-state index contributed by atoms with van der Waals surface area (Å²) in [6, 6.07) is 0. The molecule has 9 heavy (non-hydrogen) atoms. The molecule has 0 fully saturated rings. The predicted octanol–water partition coefficient (Wildman–Crippen LogP) is 0.810. The summed E-state index contributed by atoms with van der Waals surface area (Å²) < 4.78 is 9.90. The van der Waals surface area contributed by atoms with Crippen molar-refractivity contribution in [2.45, 2.75) is 19.6 Å². The van der Waals surface area contributed by atoms with Crippen LogP contribution in [0, 0.1) is 0 Å². The highest BCUT2D eigenvalue weighted by Gasteiger charge is 2.14. The summed E-state index contributed by atoms with van der Waals surface area (Å²) in [5.41, 5.74) is 0. The first-order chi connectivity index (χ1) is 4.33. The topological polar surface area (TPSA) is 35.5 Å². The van der Waals surface area contributed by atoms with E-state index in [-0.39, 0.29) is 6.29 Å². The Hall–Kier alpha value is -0.990. The monoisotopic (exact) mass is 128 g/mol. The second-order valence-corrected chi connectivity index (χ2v) is 1.81. The van der Waals surface area contributed by atoms with Gasteiger partial charge in [-0.15, -0.1) is 0 Å². The highest BCUT2D eigenvalue weighted by atomic mass is 16.7. The predicted molar refractivity (Wildman–Crippen MR) is 30.4 cm³/mol. The quantitative estimate of drug-likeness (QED) is 0.516. The van der Waals surface area contributed by atoms with Crippen LogP contribution in [-0.2, 0) is 14.3 Å². The maximum absolute atomic E-state index is 9.88. The number of carbonyl (C=O) groups is 1. The molecule has 3 nitrogen and oxygen atoms in total. The molecular weight excluding hydrogens is 120 g/mol. The summed E-state index contributed by atoms with van der Waals surface area (Å²) in [6.07, 6.45) is 2.21. The summed E-state index contributed by atoms with van der Waals surface area (Å²) in [5.74, 6) is 0.724. The van der Waals surface area contributed by atoms with Gasteiger partial charge >= 0.3 is 0 Å². The summed E-state index contributed by atoms with van der Waals surface area (Å²) in [5, 5.41) is 0. The number of allylic oxidation sites excluding steroid dienone is 1. The third kappa shape index (κ3) is 1.45. The average Bonchev–Trinajstić information content (AvgIpc) is 2.17. The van der Waals surface area contributed by atoms with E-state index in [1.807, 2.05) is 0 Å². The van der Waals surface area contributed by atoms with Gasteiger partial charge in [0.15, 0.2) is 0 Å². The molecular formula is C6H8O3. The van der Waals surface area contributed by atoms with E-state index in [0.29, 0.717) is 6.42 Å². The molecule has 0 aromatic heterocycles. The normalized spacial score (nSPS) is 24.1. The molecule has 1 aliphatic heterocycles. The number of ether oxygens (including phenoxy) is 2. The van der Waals surface area contributed by atoms with E-state index in [0.717, 1.165) is 12.0 Å². The Morgan fingerprint density at radius 1 is 1.89 bits per heavy atom. The van der Waals surface area contributed by atoms with Gasteiger partial charge in [-0.3, -0.25) is 0 Å². The van der Waals surface area contributed by atoms with E-state index < -0.39 is 0 Å². The first-order valence-electron chi connectivity index (χ1n) is 2.75. The fourth-order valence-electron chi connectivity index (χ4n) is 0.617. The summed E-state index contributed by atoms with van der Waals surface area (Å²) in [4.78, 5) is 9.88. The summed E-state index contributed by atoms with van der Waals surface area (Å²) >= 11 is 0. The van der Waals surface area contributed by atoms with Gasteiger partial charge in [0.25, 0.3) is 0 Å². The lowest BCUT2D eigenvalue weighted by molar-refractivity contribution is -0.114. The first kappa shape index (κ1) is 6.13. The number of rotatable bonds is 2. The molecule has 0 saturated heterocycles. The van der Waals surface area contributed by atoms with Gasteiger partial charge < -0.3 is 14.3 Å². The van der Waals surface area contributed by atoms with E-state index in [2.05, 4.69) is 0 Å². The van der Waals surface area contributed by atoms with Gasteiger partial charge in [0, 0.05) is 0 Å². The van der Waals surface area contributed by atoms with Crippen LogP contribution in [-0.4, -0.2) is 12.6 Å². The Morgan fingerprint density at radius 2 is 2.67 bits per heavy atom. The Morgan fingerprint density at radius 3 is 3.11 bits per heavy atom. The zero-order valence-electron chi connectivity index (χ0n) is 5.16. The van der Waals surface area contributed by atoms with Crippen molar-refractivity contribution in [3.63, 3.8) is 0 Å². The van der Waals surface area contributed by atoms with E-state index >= 15 is 0 Å². The molecule has 0 aliphatic carbocycles. The van der Waals surface area contributed by atoms with E-state index in [9.17, 15) is 4.79 Å². The minimum Gasteiger partial charge on any atom is -0.459 e. The molecule has 0 saturated carbocycles. The first-order valence-corrected chi connectivity index (χ1v) is 2.75. The molecule has 1 unspecified atom stereocenters. The van der Waals surface area contributed by atoms with Gasteiger partial charge in [-0.1, -0.05) is 0 Å². The largest absolute Gasteiger partial charge is 0.459 e. The fourth-order valence-corrected chi connectivity index (χ4v) is 0.617. The highest BCUT2D eigenvalue weighted by Crippen LogP contribution is 2.14. The standard InChI is InChI=1S/C6H8O3/c1-5-4-8-6(9-5)2-3-7/h3-4,6H,2H2,1H3. The van der Waals surface area contributed by atoms with Crippen molar-refractivity contribution >= 4 is 6.29 Å². The fraction of sp³-hybridized carbons (Fsp3) is 0.500. The number of hydrogen-bond acceptors (Lipinski definition) is 3. The van der Waals surface area contributed by atoms with Crippen molar-refractivity contribution in [1.29, 1.82) is 0 Å². The van der Waals surface area contributed by atoms with E-state index in [1.54, 1.807) is 6.92 Å². The number of hydrogen-bond donors (Lipinski definition) is 0. The van der Waals surface area contributed by atoms with Crippen LogP contribution in [0.15, 0.2) is 12.0 Å². The lowest BCUT2D eigenvalue weighted by atomic mass is 10.5. The van der Waals surface area contributed by atoms with Crippen LogP contribution < -0.4 is 0 Å². The SMILES string of the molecule is CC1=COC(CC=O)O1. The molecule has 0 spiro atoms. The van der Waals surface area contributed by atoms with Gasteiger partial charge in [-0.25, -0.2) is 0 Å². The van der Waals surface area contributed by atoms with Crippen molar-refractivity contribution in [3.05, 3.63) is 12.0 Å². The van der Waals surface area contributed by atoms with Gasteiger partial charge in [-0.2, -0.15) is 0 Å². The van der Waals surface area contributed by atoms with E-state index in [4.69, 9.17) is 9.47 Å².